The van der Waals surface area contributed by atoms with Gasteiger partial charge >= 0.3 is 0 Å². The number of nitrogens with two attached hydrogens (primary N) is 1. The van der Waals surface area contributed by atoms with E-state index >= 15 is 0 Å². The Kier molecular flexibility index (Phi) is 3.88. The Hall–Kier alpha value is -1.76. The fraction of sp³-hybridized carbons (Fsp3) is 0.500. The fourth-order valence-corrected chi connectivity index (χ4v) is 2.44. The lowest BCUT2D eigenvalue weighted by molar-refractivity contribution is 0.343. The molecule has 116 valence electrons. The average Bonchev–Trinajstić information content (AvgIpc) is 2.66. The number of benzene rings is 1. The minimum Gasteiger partial charge on any atom is -0.492 e. The van der Waals surface area contributed by atoms with Gasteiger partial charge in [0.2, 0.25) is 5.95 Å². The van der Waals surface area contributed by atoms with Gasteiger partial charge in [-0.3, -0.25) is 0 Å². The molecule has 0 fully saturated rings. The van der Waals surface area contributed by atoms with Gasteiger partial charge in [-0.05, 0) is 32.9 Å². The second-order valence-electron chi connectivity index (χ2n) is 5.64. The van der Waals surface area contributed by atoms with Crippen molar-refractivity contribution in [1.29, 1.82) is 0 Å². The standard InChI is InChI=1S/C14H21N3O3S/c1-5-20-11-8-6-7-10-12(11)16-13(15)17(10)9-14(2,3)21(4,18)19/h6-8H,5,9H2,1-4H3,(H2,15,16). The van der Waals surface area contributed by atoms with E-state index in [0.29, 0.717) is 17.9 Å². The average molecular weight is 311 g/mol. The molecular formula is C14H21N3O3S. The first kappa shape index (κ1) is 15.6. The van der Waals surface area contributed by atoms with Crippen LogP contribution in [0, 0.1) is 0 Å². The minimum atomic E-state index is -3.22. The van der Waals surface area contributed by atoms with Gasteiger partial charge in [0.1, 0.15) is 11.3 Å². The number of ether oxygens (including phenoxy) is 1. The van der Waals surface area contributed by atoms with Crippen LogP contribution >= 0.6 is 0 Å². The third-order valence-corrected chi connectivity index (χ3v) is 5.75. The van der Waals surface area contributed by atoms with Crippen molar-refractivity contribution in [2.75, 3.05) is 18.6 Å². The zero-order valence-corrected chi connectivity index (χ0v) is 13.6. The molecule has 2 aromatic rings. The molecule has 2 rings (SSSR count). The van der Waals surface area contributed by atoms with Crippen LogP contribution in [0.25, 0.3) is 11.0 Å². The van der Waals surface area contributed by atoms with Crippen molar-refractivity contribution in [2.45, 2.75) is 32.1 Å². The van der Waals surface area contributed by atoms with Crippen LogP contribution in [0.5, 0.6) is 5.75 Å². The van der Waals surface area contributed by atoms with E-state index in [4.69, 9.17) is 10.5 Å². The summed E-state index contributed by atoms with van der Waals surface area (Å²) in [4.78, 5) is 4.32. The summed E-state index contributed by atoms with van der Waals surface area (Å²) in [6, 6.07) is 5.53. The smallest absolute Gasteiger partial charge is 0.201 e. The zero-order valence-electron chi connectivity index (χ0n) is 12.8. The molecule has 0 aliphatic heterocycles. The Labute approximate surface area is 124 Å². The lowest BCUT2D eigenvalue weighted by Crippen LogP contribution is -2.36. The molecule has 0 aliphatic carbocycles. The molecule has 0 spiro atoms. The van der Waals surface area contributed by atoms with E-state index in [1.807, 2.05) is 25.1 Å². The van der Waals surface area contributed by atoms with Crippen molar-refractivity contribution in [3.63, 3.8) is 0 Å². The molecule has 1 aromatic carbocycles. The SMILES string of the molecule is CCOc1cccc2c1nc(N)n2CC(C)(C)S(C)(=O)=O. The van der Waals surface area contributed by atoms with Crippen LogP contribution in [0.15, 0.2) is 18.2 Å². The molecule has 1 heterocycles. The number of nitrogen functional groups attached to an aromatic ring is 1. The van der Waals surface area contributed by atoms with Gasteiger partial charge in [0, 0.05) is 12.8 Å². The fourth-order valence-electron chi connectivity index (χ4n) is 2.08. The molecule has 0 atom stereocenters. The van der Waals surface area contributed by atoms with Crippen molar-refractivity contribution in [1.82, 2.24) is 9.55 Å². The number of anilines is 1. The zero-order chi connectivity index (χ0) is 15.8. The molecule has 0 saturated carbocycles. The molecule has 2 N–H and O–H groups in total. The van der Waals surface area contributed by atoms with E-state index in [1.165, 1.54) is 6.26 Å². The highest BCUT2D eigenvalue weighted by molar-refractivity contribution is 7.92. The van der Waals surface area contributed by atoms with Gasteiger partial charge < -0.3 is 15.0 Å². The highest BCUT2D eigenvalue weighted by atomic mass is 32.2. The number of para-hydroxylation sites is 1. The number of rotatable bonds is 5. The van der Waals surface area contributed by atoms with Gasteiger partial charge in [-0.2, -0.15) is 0 Å². The van der Waals surface area contributed by atoms with Crippen molar-refractivity contribution in [3.8, 4) is 5.75 Å². The first-order valence-electron chi connectivity index (χ1n) is 6.74. The molecule has 0 aliphatic rings. The molecule has 6 nitrogen and oxygen atoms in total. The maximum atomic E-state index is 11.9. The molecule has 0 unspecified atom stereocenters. The van der Waals surface area contributed by atoms with Crippen LogP contribution in [-0.2, 0) is 16.4 Å². The van der Waals surface area contributed by atoms with Crippen LogP contribution in [0.4, 0.5) is 5.95 Å². The van der Waals surface area contributed by atoms with Gasteiger partial charge in [0.25, 0.3) is 0 Å². The predicted octanol–water partition coefficient (Wildman–Crippen LogP) is 1.84. The molecule has 0 bridgehead atoms. The Morgan fingerprint density at radius 2 is 2.05 bits per heavy atom. The van der Waals surface area contributed by atoms with E-state index in [1.54, 1.807) is 18.4 Å². The van der Waals surface area contributed by atoms with Gasteiger partial charge in [0.05, 0.1) is 16.9 Å². The second kappa shape index (κ2) is 5.22. The van der Waals surface area contributed by atoms with E-state index in [0.717, 1.165) is 5.52 Å². The summed E-state index contributed by atoms with van der Waals surface area (Å²) in [7, 11) is -3.22. The summed E-state index contributed by atoms with van der Waals surface area (Å²) in [5.74, 6) is 0.937. The van der Waals surface area contributed by atoms with Gasteiger partial charge in [0.15, 0.2) is 9.84 Å². The maximum absolute atomic E-state index is 11.9. The third-order valence-electron chi connectivity index (χ3n) is 3.61. The molecule has 0 amide bonds. The van der Waals surface area contributed by atoms with Crippen LogP contribution in [0.3, 0.4) is 0 Å². The molecule has 21 heavy (non-hydrogen) atoms. The number of nitrogens with zero attached hydrogens (tertiary/aromatic N) is 2. The summed E-state index contributed by atoms with van der Waals surface area (Å²) in [5.41, 5.74) is 7.40. The van der Waals surface area contributed by atoms with E-state index < -0.39 is 14.6 Å². The Morgan fingerprint density at radius 3 is 2.62 bits per heavy atom. The Bertz CT molecular complexity index is 763. The van der Waals surface area contributed by atoms with Crippen LogP contribution in [0.2, 0.25) is 0 Å². The van der Waals surface area contributed by atoms with Crippen molar-refractivity contribution in [2.24, 2.45) is 0 Å². The molecule has 1 aromatic heterocycles. The number of hydrogen-bond acceptors (Lipinski definition) is 5. The molecule has 0 saturated heterocycles. The molecular weight excluding hydrogens is 290 g/mol. The van der Waals surface area contributed by atoms with Crippen molar-refractivity contribution >= 4 is 26.8 Å². The molecule has 0 radical (unpaired) electrons. The van der Waals surface area contributed by atoms with Crippen LogP contribution in [-0.4, -0.2) is 35.6 Å². The topological polar surface area (TPSA) is 87.2 Å². The van der Waals surface area contributed by atoms with Gasteiger partial charge in [-0.15, -0.1) is 0 Å². The van der Waals surface area contributed by atoms with E-state index in [-0.39, 0.29) is 12.5 Å². The van der Waals surface area contributed by atoms with Gasteiger partial charge in [-0.25, -0.2) is 13.4 Å². The predicted molar refractivity (Wildman–Crippen MR) is 84.2 cm³/mol. The minimum absolute atomic E-state index is 0.240. The van der Waals surface area contributed by atoms with E-state index in [9.17, 15) is 8.42 Å². The number of fused-ring (bicyclic) bond motifs is 1. The molecule has 7 heteroatoms. The third kappa shape index (κ3) is 2.83. The summed E-state index contributed by atoms with van der Waals surface area (Å²) < 4.78 is 30.1. The highest BCUT2D eigenvalue weighted by Crippen LogP contribution is 2.29. The number of imidazole rings is 1. The Morgan fingerprint density at radius 1 is 1.38 bits per heavy atom. The highest BCUT2D eigenvalue weighted by Gasteiger charge is 2.32. The van der Waals surface area contributed by atoms with Crippen molar-refractivity contribution in [3.05, 3.63) is 18.2 Å². The first-order valence-corrected chi connectivity index (χ1v) is 8.63. The van der Waals surface area contributed by atoms with E-state index in [2.05, 4.69) is 4.98 Å². The van der Waals surface area contributed by atoms with Crippen LogP contribution < -0.4 is 10.5 Å². The Balaban J connectivity index is 2.56. The number of aromatic nitrogens is 2. The summed E-state index contributed by atoms with van der Waals surface area (Å²) in [5, 5.41) is 0. The summed E-state index contributed by atoms with van der Waals surface area (Å²) in [6.45, 7) is 6.02. The lowest BCUT2D eigenvalue weighted by atomic mass is 10.2. The quantitative estimate of drug-likeness (QED) is 0.910. The van der Waals surface area contributed by atoms with Crippen LogP contribution in [0.1, 0.15) is 20.8 Å². The first-order chi connectivity index (χ1) is 9.67. The number of sulfone groups is 1. The monoisotopic (exact) mass is 311 g/mol. The maximum Gasteiger partial charge on any atom is 0.201 e. The number of hydrogen-bond donors (Lipinski definition) is 1. The normalized spacial score (nSPS) is 12.8. The summed E-state index contributed by atoms with van der Waals surface area (Å²) in [6.07, 6.45) is 1.23. The summed E-state index contributed by atoms with van der Waals surface area (Å²) >= 11 is 0. The lowest BCUT2D eigenvalue weighted by Gasteiger charge is -2.23. The second-order valence-corrected chi connectivity index (χ2v) is 8.29. The van der Waals surface area contributed by atoms with Gasteiger partial charge in [-0.1, -0.05) is 6.07 Å². The largest absolute Gasteiger partial charge is 0.492 e. The van der Waals surface area contributed by atoms with Crippen molar-refractivity contribution < 1.29 is 13.2 Å².